The van der Waals surface area contributed by atoms with Crippen LogP contribution in [-0.2, 0) is 9.59 Å². The predicted octanol–water partition coefficient (Wildman–Crippen LogP) is 3.03. The molecule has 2 N–H and O–H groups in total. The largest absolute Gasteiger partial charge is 0.481 e. The Morgan fingerprint density at radius 3 is 2.65 bits per heavy atom. The van der Waals surface area contributed by atoms with E-state index in [-0.39, 0.29) is 17.6 Å². The molecule has 0 aliphatic heterocycles. The summed E-state index contributed by atoms with van der Waals surface area (Å²) in [6.07, 6.45) is 0. The summed E-state index contributed by atoms with van der Waals surface area (Å²) in [6.45, 7) is 2.21. The van der Waals surface area contributed by atoms with Crippen molar-refractivity contribution in [3.8, 4) is 0 Å². The van der Waals surface area contributed by atoms with Crippen molar-refractivity contribution in [2.24, 2.45) is 0 Å². The number of rotatable bonds is 7. The second kappa shape index (κ2) is 8.39. The molecular weight excluding hydrogens is 321 g/mol. The topological polar surface area (TPSA) is 66.4 Å². The van der Waals surface area contributed by atoms with Gasteiger partial charge in [0.1, 0.15) is 0 Å². The molecule has 0 aliphatic rings. The van der Waals surface area contributed by atoms with Gasteiger partial charge in [-0.15, -0.1) is 11.8 Å². The van der Waals surface area contributed by atoms with Gasteiger partial charge in [0.25, 0.3) is 0 Å². The van der Waals surface area contributed by atoms with E-state index in [4.69, 9.17) is 28.3 Å². The molecule has 0 aliphatic carbocycles. The Morgan fingerprint density at radius 1 is 1.35 bits per heavy atom. The normalized spacial score (nSPS) is 11.9. The van der Waals surface area contributed by atoms with E-state index in [0.29, 0.717) is 22.3 Å². The number of carboxylic acids is 1. The molecule has 1 unspecified atom stereocenters. The lowest BCUT2D eigenvalue weighted by atomic mass is 10.0. The van der Waals surface area contributed by atoms with E-state index in [9.17, 15) is 9.59 Å². The van der Waals surface area contributed by atoms with Crippen molar-refractivity contribution in [1.82, 2.24) is 5.32 Å². The zero-order chi connectivity index (χ0) is 15.1. The van der Waals surface area contributed by atoms with E-state index in [0.717, 1.165) is 5.56 Å². The molecule has 4 nitrogen and oxygen atoms in total. The van der Waals surface area contributed by atoms with Gasteiger partial charge in [0.2, 0.25) is 5.91 Å². The molecule has 1 rings (SSSR count). The third-order valence-corrected chi connectivity index (χ3v) is 4.29. The van der Waals surface area contributed by atoms with Gasteiger partial charge in [0.05, 0.1) is 21.7 Å². The third-order valence-electron chi connectivity index (χ3n) is 2.61. The van der Waals surface area contributed by atoms with Crippen molar-refractivity contribution < 1.29 is 14.7 Å². The van der Waals surface area contributed by atoms with Gasteiger partial charge in [0, 0.05) is 12.3 Å². The molecule has 110 valence electrons. The maximum absolute atomic E-state index is 11.9. The molecule has 0 saturated carbocycles. The Balaban J connectivity index is 2.42. The number of hydrogen-bond donors (Lipinski definition) is 2. The van der Waals surface area contributed by atoms with E-state index in [1.165, 1.54) is 11.8 Å². The Hall–Kier alpha value is -0.910. The van der Waals surface area contributed by atoms with E-state index < -0.39 is 5.97 Å². The number of halogens is 2. The number of aliphatic carboxylic acids is 1. The highest BCUT2D eigenvalue weighted by Gasteiger charge is 2.15. The van der Waals surface area contributed by atoms with E-state index in [1.807, 2.05) is 0 Å². The van der Waals surface area contributed by atoms with Crippen molar-refractivity contribution in [3.63, 3.8) is 0 Å². The number of carboxylic acid groups (broad SMARTS) is 1. The average molecular weight is 336 g/mol. The van der Waals surface area contributed by atoms with Crippen molar-refractivity contribution >= 4 is 46.8 Å². The van der Waals surface area contributed by atoms with Crippen molar-refractivity contribution in [2.75, 3.05) is 18.1 Å². The van der Waals surface area contributed by atoms with E-state index in [1.54, 1.807) is 25.1 Å². The molecule has 1 amide bonds. The number of carbonyl (C=O) groups excluding carboxylic acids is 1. The van der Waals surface area contributed by atoms with Gasteiger partial charge in [-0.1, -0.05) is 29.3 Å². The van der Waals surface area contributed by atoms with Crippen LogP contribution in [0.15, 0.2) is 18.2 Å². The van der Waals surface area contributed by atoms with Gasteiger partial charge in [0.15, 0.2) is 0 Å². The first-order chi connectivity index (χ1) is 9.41. The van der Waals surface area contributed by atoms with Crippen LogP contribution in [0.3, 0.4) is 0 Å². The van der Waals surface area contributed by atoms with Crippen molar-refractivity contribution in [1.29, 1.82) is 0 Å². The summed E-state index contributed by atoms with van der Waals surface area (Å²) in [5.41, 5.74) is 0.787. The van der Waals surface area contributed by atoms with Crippen LogP contribution in [0, 0.1) is 0 Å². The zero-order valence-electron chi connectivity index (χ0n) is 10.9. The highest BCUT2D eigenvalue weighted by atomic mass is 35.5. The summed E-state index contributed by atoms with van der Waals surface area (Å²) in [4.78, 5) is 22.2. The summed E-state index contributed by atoms with van der Waals surface area (Å²) < 4.78 is 0. The van der Waals surface area contributed by atoms with Gasteiger partial charge < -0.3 is 10.4 Å². The molecule has 1 atom stereocenters. The Morgan fingerprint density at radius 2 is 2.05 bits per heavy atom. The monoisotopic (exact) mass is 335 g/mol. The Bertz CT molecular complexity index is 497. The van der Waals surface area contributed by atoms with Crippen LogP contribution in [-0.4, -0.2) is 35.0 Å². The van der Waals surface area contributed by atoms with E-state index in [2.05, 4.69) is 5.32 Å². The molecule has 20 heavy (non-hydrogen) atoms. The second-order valence-electron chi connectivity index (χ2n) is 4.13. The van der Waals surface area contributed by atoms with E-state index >= 15 is 0 Å². The van der Waals surface area contributed by atoms with Crippen LogP contribution in [0.25, 0.3) is 0 Å². The van der Waals surface area contributed by atoms with Crippen molar-refractivity contribution in [3.05, 3.63) is 33.8 Å². The number of hydrogen-bond acceptors (Lipinski definition) is 3. The standard InChI is InChI=1S/C13H15Cl2NO3S/c1-8(9-2-3-10(14)11(15)6-9)13(19)16-4-5-20-7-12(17)18/h2-3,6,8H,4-5,7H2,1H3,(H,16,19)(H,17,18). The number of benzene rings is 1. The minimum atomic E-state index is -0.856. The predicted molar refractivity (Wildman–Crippen MR) is 82.8 cm³/mol. The summed E-state index contributed by atoms with van der Waals surface area (Å²) in [5, 5.41) is 12.1. The lowest BCUT2D eigenvalue weighted by molar-refractivity contribution is -0.133. The maximum Gasteiger partial charge on any atom is 0.313 e. The molecule has 1 aromatic carbocycles. The SMILES string of the molecule is CC(C(=O)NCCSCC(=O)O)c1ccc(Cl)c(Cl)c1. The summed E-state index contributed by atoms with van der Waals surface area (Å²) in [6, 6.07) is 5.09. The van der Waals surface area contributed by atoms with Crippen LogP contribution in [0.1, 0.15) is 18.4 Å². The molecular formula is C13H15Cl2NO3S. The van der Waals surface area contributed by atoms with Gasteiger partial charge in [-0.25, -0.2) is 0 Å². The molecule has 7 heteroatoms. The summed E-state index contributed by atoms with van der Waals surface area (Å²) in [5.74, 6) is -0.719. The fraction of sp³-hybridized carbons (Fsp3) is 0.385. The minimum absolute atomic E-state index is 0.0399. The van der Waals surface area contributed by atoms with Crippen LogP contribution in [0.4, 0.5) is 0 Å². The second-order valence-corrected chi connectivity index (χ2v) is 6.05. The lowest BCUT2D eigenvalue weighted by Crippen LogP contribution is -2.30. The molecule has 0 saturated heterocycles. The Labute approximate surface area is 131 Å². The molecule has 0 fully saturated rings. The summed E-state index contributed by atoms with van der Waals surface area (Å²) >= 11 is 13.0. The van der Waals surface area contributed by atoms with Crippen LogP contribution < -0.4 is 5.32 Å². The van der Waals surface area contributed by atoms with Crippen LogP contribution in [0.2, 0.25) is 10.0 Å². The summed E-state index contributed by atoms with van der Waals surface area (Å²) in [7, 11) is 0. The smallest absolute Gasteiger partial charge is 0.313 e. The molecule has 1 aromatic rings. The maximum atomic E-state index is 11.9. The molecule has 0 aromatic heterocycles. The quantitative estimate of drug-likeness (QED) is 0.751. The molecule has 0 radical (unpaired) electrons. The molecule has 0 bridgehead atoms. The van der Waals surface area contributed by atoms with Gasteiger partial charge in [-0.3, -0.25) is 9.59 Å². The van der Waals surface area contributed by atoms with Crippen molar-refractivity contribution in [2.45, 2.75) is 12.8 Å². The minimum Gasteiger partial charge on any atom is -0.481 e. The lowest BCUT2D eigenvalue weighted by Gasteiger charge is -2.13. The fourth-order valence-corrected chi connectivity index (χ4v) is 2.36. The zero-order valence-corrected chi connectivity index (χ0v) is 13.2. The first kappa shape index (κ1) is 17.1. The molecule has 0 heterocycles. The number of amides is 1. The van der Waals surface area contributed by atoms with Crippen LogP contribution >= 0.6 is 35.0 Å². The van der Waals surface area contributed by atoms with Crippen LogP contribution in [0.5, 0.6) is 0 Å². The first-order valence-corrected chi connectivity index (χ1v) is 7.85. The number of thioether (sulfide) groups is 1. The Kier molecular flexibility index (Phi) is 7.19. The molecule has 0 spiro atoms. The first-order valence-electron chi connectivity index (χ1n) is 5.94. The highest BCUT2D eigenvalue weighted by Crippen LogP contribution is 2.26. The van der Waals surface area contributed by atoms with Gasteiger partial charge in [-0.2, -0.15) is 0 Å². The van der Waals surface area contributed by atoms with Gasteiger partial charge in [-0.05, 0) is 24.6 Å². The third kappa shape index (κ3) is 5.61. The fourth-order valence-electron chi connectivity index (χ4n) is 1.49. The van der Waals surface area contributed by atoms with Gasteiger partial charge >= 0.3 is 5.97 Å². The highest BCUT2D eigenvalue weighted by molar-refractivity contribution is 7.99. The number of nitrogens with one attached hydrogen (secondary N) is 1. The number of carbonyl (C=O) groups is 2. The average Bonchev–Trinajstić information content (AvgIpc) is 2.40.